The van der Waals surface area contributed by atoms with Crippen molar-refractivity contribution in [3.8, 4) is 5.75 Å². The molecule has 6 heteroatoms. The molecule has 0 bridgehead atoms. The zero-order valence-corrected chi connectivity index (χ0v) is 11.8. The Hall–Kier alpha value is -1.92. The molecule has 20 heavy (non-hydrogen) atoms. The van der Waals surface area contributed by atoms with Gasteiger partial charge in [-0.2, -0.15) is 0 Å². The molecule has 0 radical (unpaired) electrons. The second kappa shape index (κ2) is 8.29. The van der Waals surface area contributed by atoms with Crippen LogP contribution in [-0.4, -0.2) is 31.8 Å². The van der Waals surface area contributed by atoms with E-state index in [0.29, 0.717) is 32.1 Å². The molecule has 0 aromatic heterocycles. The summed E-state index contributed by atoms with van der Waals surface area (Å²) < 4.78 is 10.5. The Kier molecular flexibility index (Phi) is 6.69. The standard InChI is InChI=1S/C14H20N2O4/c1-11(2)10-20-7-6-15-9-12-8-13(16(17)18)4-5-14(12)19-3/h4-5,8,15H,1,6-7,9-10H2,2-3H3. The lowest BCUT2D eigenvalue weighted by molar-refractivity contribution is -0.384. The molecular weight excluding hydrogens is 260 g/mol. The summed E-state index contributed by atoms with van der Waals surface area (Å²) in [5.74, 6) is 0.631. The van der Waals surface area contributed by atoms with E-state index in [-0.39, 0.29) is 5.69 Å². The summed E-state index contributed by atoms with van der Waals surface area (Å²) in [6.45, 7) is 7.89. The maximum atomic E-state index is 10.7. The van der Waals surface area contributed by atoms with E-state index in [1.807, 2.05) is 6.92 Å². The lowest BCUT2D eigenvalue weighted by atomic mass is 10.1. The monoisotopic (exact) mass is 280 g/mol. The van der Waals surface area contributed by atoms with Gasteiger partial charge in [-0.3, -0.25) is 10.1 Å². The van der Waals surface area contributed by atoms with Crippen LogP contribution in [0.2, 0.25) is 0 Å². The summed E-state index contributed by atoms with van der Waals surface area (Å²) in [6.07, 6.45) is 0. The molecule has 0 amide bonds. The lowest BCUT2D eigenvalue weighted by Gasteiger charge is -2.10. The Bertz CT molecular complexity index is 474. The highest BCUT2D eigenvalue weighted by Gasteiger charge is 2.10. The molecule has 0 aliphatic carbocycles. The molecule has 0 heterocycles. The van der Waals surface area contributed by atoms with E-state index >= 15 is 0 Å². The molecular formula is C14H20N2O4. The van der Waals surface area contributed by atoms with Gasteiger partial charge in [0.05, 0.1) is 25.2 Å². The zero-order chi connectivity index (χ0) is 15.0. The van der Waals surface area contributed by atoms with Crippen LogP contribution in [0, 0.1) is 10.1 Å². The number of methoxy groups -OCH3 is 1. The highest BCUT2D eigenvalue weighted by molar-refractivity contribution is 5.43. The van der Waals surface area contributed by atoms with Gasteiger partial charge in [-0.1, -0.05) is 12.2 Å². The fourth-order valence-corrected chi connectivity index (χ4v) is 1.63. The summed E-state index contributed by atoms with van der Waals surface area (Å²) in [7, 11) is 1.54. The van der Waals surface area contributed by atoms with Crippen LogP contribution in [0.4, 0.5) is 5.69 Å². The Morgan fingerprint density at radius 1 is 1.50 bits per heavy atom. The maximum absolute atomic E-state index is 10.7. The second-order valence-electron chi connectivity index (χ2n) is 4.44. The van der Waals surface area contributed by atoms with Gasteiger partial charge in [0.1, 0.15) is 5.75 Å². The van der Waals surface area contributed by atoms with Crippen LogP contribution in [0.25, 0.3) is 0 Å². The van der Waals surface area contributed by atoms with Crippen molar-refractivity contribution < 1.29 is 14.4 Å². The minimum absolute atomic E-state index is 0.0566. The predicted octanol–water partition coefficient (Wildman–Crippen LogP) is 2.29. The summed E-state index contributed by atoms with van der Waals surface area (Å²) >= 11 is 0. The van der Waals surface area contributed by atoms with Crippen molar-refractivity contribution in [2.75, 3.05) is 26.9 Å². The quantitative estimate of drug-likeness (QED) is 0.325. The average Bonchev–Trinajstić information content (AvgIpc) is 2.42. The van der Waals surface area contributed by atoms with E-state index in [1.165, 1.54) is 12.1 Å². The van der Waals surface area contributed by atoms with Crippen LogP contribution >= 0.6 is 0 Å². The number of nitrogens with one attached hydrogen (secondary N) is 1. The highest BCUT2D eigenvalue weighted by Crippen LogP contribution is 2.23. The smallest absolute Gasteiger partial charge is 0.270 e. The van der Waals surface area contributed by atoms with Crippen LogP contribution in [0.5, 0.6) is 5.75 Å². The van der Waals surface area contributed by atoms with Crippen molar-refractivity contribution in [1.82, 2.24) is 5.32 Å². The first-order valence-corrected chi connectivity index (χ1v) is 6.28. The minimum atomic E-state index is -0.418. The van der Waals surface area contributed by atoms with Gasteiger partial charge in [0.25, 0.3) is 5.69 Å². The van der Waals surface area contributed by atoms with Gasteiger partial charge in [-0.05, 0) is 13.0 Å². The zero-order valence-electron chi connectivity index (χ0n) is 11.8. The molecule has 0 saturated heterocycles. The number of nitro groups is 1. The van der Waals surface area contributed by atoms with E-state index in [9.17, 15) is 10.1 Å². The molecule has 110 valence electrons. The molecule has 1 rings (SSSR count). The molecule has 0 unspecified atom stereocenters. The first-order chi connectivity index (χ1) is 9.54. The van der Waals surface area contributed by atoms with E-state index in [0.717, 1.165) is 11.1 Å². The Morgan fingerprint density at radius 2 is 2.25 bits per heavy atom. The van der Waals surface area contributed by atoms with Crippen LogP contribution < -0.4 is 10.1 Å². The van der Waals surface area contributed by atoms with Crippen LogP contribution in [0.15, 0.2) is 30.4 Å². The number of nitrogens with zero attached hydrogens (tertiary/aromatic N) is 1. The predicted molar refractivity (Wildman–Crippen MR) is 77.0 cm³/mol. The van der Waals surface area contributed by atoms with Crippen LogP contribution in [0.1, 0.15) is 12.5 Å². The molecule has 1 aromatic carbocycles. The van der Waals surface area contributed by atoms with Crippen molar-refractivity contribution in [2.24, 2.45) is 0 Å². The van der Waals surface area contributed by atoms with Gasteiger partial charge in [0, 0.05) is 30.8 Å². The fraction of sp³-hybridized carbons (Fsp3) is 0.429. The third kappa shape index (κ3) is 5.38. The summed E-state index contributed by atoms with van der Waals surface area (Å²) in [4.78, 5) is 10.3. The van der Waals surface area contributed by atoms with Crippen LogP contribution in [0.3, 0.4) is 0 Å². The average molecular weight is 280 g/mol. The third-order valence-electron chi connectivity index (χ3n) is 2.56. The first-order valence-electron chi connectivity index (χ1n) is 6.28. The molecule has 0 aliphatic heterocycles. The Balaban J connectivity index is 2.47. The SMILES string of the molecule is C=C(C)COCCNCc1cc([N+](=O)[O-])ccc1OC. The molecule has 0 spiro atoms. The van der Waals surface area contributed by atoms with Gasteiger partial charge in [-0.25, -0.2) is 0 Å². The van der Waals surface area contributed by atoms with Gasteiger partial charge < -0.3 is 14.8 Å². The van der Waals surface area contributed by atoms with Crippen molar-refractivity contribution in [2.45, 2.75) is 13.5 Å². The molecule has 0 atom stereocenters. The number of benzene rings is 1. The molecule has 1 aromatic rings. The lowest BCUT2D eigenvalue weighted by Crippen LogP contribution is -2.20. The Morgan fingerprint density at radius 3 is 2.85 bits per heavy atom. The number of hydrogen-bond donors (Lipinski definition) is 1. The van der Waals surface area contributed by atoms with Gasteiger partial charge >= 0.3 is 0 Å². The molecule has 0 fully saturated rings. The number of non-ortho nitro benzene ring substituents is 1. The number of rotatable bonds is 9. The minimum Gasteiger partial charge on any atom is -0.496 e. The van der Waals surface area contributed by atoms with Gasteiger partial charge in [0.2, 0.25) is 0 Å². The fourth-order valence-electron chi connectivity index (χ4n) is 1.63. The molecule has 0 saturated carbocycles. The van der Waals surface area contributed by atoms with E-state index < -0.39 is 4.92 Å². The topological polar surface area (TPSA) is 73.6 Å². The third-order valence-corrected chi connectivity index (χ3v) is 2.56. The molecule has 6 nitrogen and oxygen atoms in total. The van der Waals surface area contributed by atoms with Gasteiger partial charge in [-0.15, -0.1) is 0 Å². The molecule has 1 N–H and O–H groups in total. The van der Waals surface area contributed by atoms with E-state index in [1.54, 1.807) is 13.2 Å². The Labute approximate surface area is 118 Å². The van der Waals surface area contributed by atoms with Crippen molar-refractivity contribution in [3.63, 3.8) is 0 Å². The first kappa shape index (κ1) is 16.1. The van der Waals surface area contributed by atoms with Crippen LogP contribution in [-0.2, 0) is 11.3 Å². The largest absolute Gasteiger partial charge is 0.496 e. The molecule has 0 aliphatic rings. The second-order valence-corrected chi connectivity index (χ2v) is 4.44. The number of ether oxygens (including phenoxy) is 2. The summed E-state index contributed by atoms with van der Waals surface area (Å²) in [5, 5.41) is 13.9. The van der Waals surface area contributed by atoms with Crippen molar-refractivity contribution in [1.29, 1.82) is 0 Å². The summed E-state index contributed by atoms with van der Waals surface area (Å²) in [5.41, 5.74) is 1.79. The number of nitro benzene ring substituents is 1. The highest BCUT2D eigenvalue weighted by atomic mass is 16.6. The van der Waals surface area contributed by atoms with Crippen molar-refractivity contribution >= 4 is 5.69 Å². The summed E-state index contributed by atoms with van der Waals surface area (Å²) in [6, 6.07) is 4.55. The van der Waals surface area contributed by atoms with Crippen molar-refractivity contribution in [3.05, 3.63) is 46.0 Å². The van der Waals surface area contributed by atoms with E-state index in [2.05, 4.69) is 11.9 Å². The normalized spacial score (nSPS) is 10.3. The van der Waals surface area contributed by atoms with E-state index in [4.69, 9.17) is 9.47 Å². The van der Waals surface area contributed by atoms with Gasteiger partial charge in [0.15, 0.2) is 0 Å². The number of hydrogen-bond acceptors (Lipinski definition) is 5. The maximum Gasteiger partial charge on any atom is 0.270 e.